The third kappa shape index (κ3) is 4.19. The van der Waals surface area contributed by atoms with Gasteiger partial charge in [0, 0.05) is 18.8 Å². The maximum atomic E-state index is 12.8. The van der Waals surface area contributed by atoms with Crippen molar-refractivity contribution in [1.29, 1.82) is 0 Å². The van der Waals surface area contributed by atoms with E-state index in [9.17, 15) is 9.59 Å². The Balaban J connectivity index is 1.68. The third-order valence-corrected chi connectivity index (χ3v) is 5.00. The van der Waals surface area contributed by atoms with Crippen molar-refractivity contribution in [3.8, 4) is 0 Å². The molecule has 0 radical (unpaired) electrons. The molecule has 142 valence electrons. The van der Waals surface area contributed by atoms with Gasteiger partial charge in [-0.1, -0.05) is 36.4 Å². The van der Waals surface area contributed by atoms with E-state index in [1.807, 2.05) is 18.2 Å². The second kappa shape index (κ2) is 8.35. The Morgan fingerprint density at radius 1 is 1.19 bits per heavy atom. The fraction of sp³-hybridized carbons (Fsp3) is 0.364. The highest BCUT2D eigenvalue weighted by Crippen LogP contribution is 2.23. The number of nitrogens with zero attached hydrogens (tertiary/aromatic N) is 1. The zero-order valence-corrected chi connectivity index (χ0v) is 16.2. The van der Waals surface area contributed by atoms with Gasteiger partial charge in [-0.25, -0.2) is 4.79 Å². The van der Waals surface area contributed by atoms with Crippen LogP contribution in [0.15, 0.2) is 36.4 Å². The molecule has 0 unspecified atom stereocenters. The molecule has 0 fully saturated rings. The van der Waals surface area contributed by atoms with E-state index in [0.717, 1.165) is 19.5 Å². The molecule has 0 saturated carbocycles. The van der Waals surface area contributed by atoms with Crippen LogP contribution in [0.2, 0.25) is 0 Å². The number of esters is 1. The van der Waals surface area contributed by atoms with E-state index in [1.54, 1.807) is 20.8 Å². The summed E-state index contributed by atoms with van der Waals surface area (Å²) in [5.74, 6) is -0.376. The Kier molecular flexibility index (Phi) is 5.91. The number of aromatic nitrogens is 1. The Bertz CT molecular complexity index is 865. The third-order valence-electron chi connectivity index (χ3n) is 5.00. The standard InChI is InChI=1S/C22H26N2O3/c1-4-27-22(26)20-15(2)21(23-16(20)3)19(25)14-24-12-10-18(11-13-24)17-8-6-5-7-9-17/h5-10,23H,4,11-14H2,1-3H3. The lowest BCUT2D eigenvalue weighted by molar-refractivity contribution is 0.0525. The minimum Gasteiger partial charge on any atom is -0.462 e. The van der Waals surface area contributed by atoms with Crippen molar-refractivity contribution >= 4 is 17.3 Å². The normalized spacial score (nSPS) is 14.7. The Labute approximate surface area is 160 Å². The number of benzene rings is 1. The van der Waals surface area contributed by atoms with Gasteiger partial charge in [-0.05, 0) is 43.9 Å². The van der Waals surface area contributed by atoms with Crippen molar-refractivity contribution in [3.63, 3.8) is 0 Å². The second-order valence-corrected chi connectivity index (χ2v) is 6.85. The lowest BCUT2D eigenvalue weighted by Gasteiger charge is -2.25. The van der Waals surface area contributed by atoms with E-state index in [-0.39, 0.29) is 11.8 Å². The zero-order valence-electron chi connectivity index (χ0n) is 16.2. The molecule has 0 bridgehead atoms. The highest BCUT2D eigenvalue weighted by atomic mass is 16.5. The molecular formula is C22H26N2O3. The number of carbonyl (C=O) groups is 2. The summed E-state index contributed by atoms with van der Waals surface area (Å²) >= 11 is 0. The molecule has 1 aromatic heterocycles. The summed E-state index contributed by atoms with van der Waals surface area (Å²) in [6.45, 7) is 7.61. The lowest BCUT2D eigenvalue weighted by atomic mass is 9.99. The largest absolute Gasteiger partial charge is 0.462 e. The molecule has 1 N–H and O–H groups in total. The number of aromatic amines is 1. The first-order valence-corrected chi connectivity index (χ1v) is 9.37. The van der Waals surface area contributed by atoms with Crippen LogP contribution in [-0.4, -0.2) is 47.9 Å². The number of H-pyrrole nitrogens is 1. The van der Waals surface area contributed by atoms with Crippen molar-refractivity contribution < 1.29 is 14.3 Å². The SMILES string of the molecule is CCOC(=O)c1c(C)[nH]c(C(=O)CN2CC=C(c3ccccc3)CC2)c1C. The Hall–Kier alpha value is -2.66. The first kappa shape index (κ1) is 19.1. The number of hydrogen-bond acceptors (Lipinski definition) is 4. The van der Waals surface area contributed by atoms with Crippen LogP contribution in [0.4, 0.5) is 0 Å². The van der Waals surface area contributed by atoms with Gasteiger partial charge in [0.05, 0.1) is 24.4 Å². The van der Waals surface area contributed by atoms with Crippen LogP contribution < -0.4 is 0 Å². The molecule has 0 saturated heterocycles. The van der Waals surface area contributed by atoms with Gasteiger partial charge in [0.2, 0.25) is 0 Å². The number of Topliss-reactive ketones (excluding diaryl/α,β-unsaturated/α-hetero) is 1. The van der Waals surface area contributed by atoms with Crippen LogP contribution in [0.3, 0.4) is 0 Å². The minimum atomic E-state index is -0.379. The lowest BCUT2D eigenvalue weighted by Crippen LogP contribution is -2.33. The van der Waals surface area contributed by atoms with Gasteiger partial charge < -0.3 is 9.72 Å². The minimum absolute atomic E-state index is 0.00251. The van der Waals surface area contributed by atoms with Crippen molar-refractivity contribution in [1.82, 2.24) is 9.88 Å². The average Bonchev–Trinajstić information content (AvgIpc) is 2.97. The molecule has 0 aliphatic carbocycles. The molecule has 0 spiro atoms. The number of carbonyl (C=O) groups excluding carboxylic acids is 2. The number of nitrogens with one attached hydrogen (secondary N) is 1. The van der Waals surface area contributed by atoms with Crippen molar-refractivity contribution in [3.05, 3.63) is 64.5 Å². The molecule has 5 nitrogen and oxygen atoms in total. The van der Waals surface area contributed by atoms with Crippen molar-refractivity contribution in [2.24, 2.45) is 0 Å². The molecule has 3 rings (SSSR count). The smallest absolute Gasteiger partial charge is 0.340 e. The zero-order chi connectivity index (χ0) is 19.4. The maximum Gasteiger partial charge on any atom is 0.340 e. The van der Waals surface area contributed by atoms with Crippen LogP contribution in [0.25, 0.3) is 5.57 Å². The molecule has 2 heterocycles. The molecule has 1 aromatic carbocycles. The number of ketones is 1. The molecule has 27 heavy (non-hydrogen) atoms. The van der Waals surface area contributed by atoms with Crippen LogP contribution >= 0.6 is 0 Å². The summed E-state index contributed by atoms with van der Waals surface area (Å²) < 4.78 is 5.10. The summed E-state index contributed by atoms with van der Waals surface area (Å²) in [5, 5.41) is 0. The number of ether oxygens (including phenoxy) is 1. The number of rotatable bonds is 6. The molecule has 0 atom stereocenters. The van der Waals surface area contributed by atoms with Gasteiger partial charge in [-0.2, -0.15) is 0 Å². The molecule has 1 aliphatic rings. The first-order valence-electron chi connectivity index (χ1n) is 9.37. The maximum absolute atomic E-state index is 12.8. The highest BCUT2D eigenvalue weighted by Gasteiger charge is 2.24. The van der Waals surface area contributed by atoms with E-state index in [1.165, 1.54) is 11.1 Å². The molecular weight excluding hydrogens is 340 g/mol. The summed E-state index contributed by atoms with van der Waals surface area (Å²) in [4.78, 5) is 30.1. The Morgan fingerprint density at radius 2 is 1.93 bits per heavy atom. The summed E-state index contributed by atoms with van der Waals surface area (Å²) in [6, 6.07) is 10.3. The predicted octanol–water partition coefficient (Wildman–Crippen LogP) is 3.78. The van der Waals surface area contributed by atoms with Gasteiger partial charge >= 0.3 is 5.97 Å². The van der Waals surface area contributed by atoms with Crippen LogP contribution in [-0.2, 0) is 4.74 Å². The first-order chi connectivity index (χ1) is 13.0. The summed E-state index contributed by atoms with van der Waals surface area (Å²) in [6.07, 6.45) is 3.12. The quantitative estimate of drug-likeness (QED) is 0.624. The van der Waals surface area contributed by atoms with E-state index < -0.39 is 0 Å². The molecule has 1 aliphatic heterocycles. The topological polar surface area (TPSA) is 62.4 Å². The Morgan fingerprint density at radius 3 is 2.56 bits per heavy atom. The number of hydrogen-bond donors (Lipinski definition) is 1. The van der Waals surface area contributed by atoms with Gasteiger partial charge in [0.15, 0.2) is 5.78 Å². The summed E-state index contributed by atoms with van der Waals surface area (Å²) in [5.41, 5.74) is 4.92. The fourth-order valence-electron chi connectivity index (χ4n) is 3.59. The predicted molar refractivity (Wildman–Crippen MR) is 106 cm³/mol. The van der Waals surface area contributed by atoms with E-state index in [4.69, 9.17) is 4.74 Å². The molecule has 5 heteroatoms. The second-order valence-electron chi connectivity index (χ2n) is 6.85. The molecule has 0 amide bonds. The van der Waals surface area contributed by atoms with Crippen LogP contribution in [0, 0.1) is 13.8 Å². The summed E-state index contributed by atoms with van der Waals surface area (Å²) in [7, 11) is 0. The molecule has 2 aromatic rings. The fourth-order valence-corrected chi connectivity index (χ4v) is 3.59. The van der Waals surface area contributed by atoms with Crippen LogP contribution in [0.1, 0.15) is 51.0 Å². The number of aryl methyl sites for hydroxylation is 1. The van der Waals surface area contributed by atoms with Gasteiger partial charge in [0.25, 0.3) is 0 Å². The van der Waals surface area contributed by atoms with Crippen molar-refractivity contribution in [2.45, 2.75) is 27.2 Å². The van der Waals surface area contributed by atoms with Gasteiger partial charge in [-0.3, -0.25) is 9.69 Å². The van der Waals surface area contributed by atoms with Gasteiger partial charge in [-0.15, -0.1) is 0 Å². The average molecular weight is 366 g/mol. The van der Waals surface area contributed by atoms with E-state index in [0.29, 0.717) is 35.7 Å². The highest BCUT2D eigenvalue weighted by molar-refractivity contribution is 6.02. The van der Waals surface area contributed by atoms with Gasteiger partial charge in [0.1, 0.15) is 0 Å². The van der Waals surface area contributed by atoms with Crippen LogP contribution in [0.5, 0.6) is 0 Å². The monoisotopic (exact) mass is 366 g/mol. The van der Waals surface area contributed by atoms with E-state index >= 15 is 0 Å². The van der Waals surface area contributed by atoms with E-state index in [2.05, 4.69) is 28.1 Å². The van der Waals surface area contributed by atoms with Crippen molar-refractivity contribution in [2.75, 3.05) is 26.2 Å².